The number of thioether (sulfide) groups is 1. The molecule has 0 saturated carbocycles. The molecule has 0 fully saturated rings. The van der Waals surface area contributed by atoms with Gasteiger partial charge < -0.3 is 10.1 Å². The molecule has 118 valence electrons. The molecule has 1 aromatic carbocycles. The van der Waals surface area contributed by atoms with Crippen LogP contribution in [-0.4, -0.2) is 46.8 Å². The molecule has 1 atom stereocenters. The molecule has 1 heterocycles. The number of aromatic nitrogens is 2. The van der Waals surface area contributed by atoms with Gasteiger partial charge in [0.25, 0.3) is 0 Å². The van der Waals surface area contributed by atoms with Gasteiger partial charge in [-0.05, 0) is 24.5 Å². The predicted octanol–water partition coefficient (Wildman–Crippen LogP) is 1.45. The Morgan fingerprint density at radius 3 is 2.86 bits per heavy atom. The zero-order chi connectivity index (χ0) is 15.9. The molecule has 2 rings (SSSR count). The van der Waals surface area contributed by atoms with Gasteiger partial charge in [0.15, 0.2) is 0 Å². The molecule has 0 aliphatic rings. The first-order chi connectivity index (χ1) is 10.6. The fourth-order valence-electron chi connectivity index (χ4n) is 2.11. The Bertz CT molecular complexity index is 623. The molecule has 22 heavy (non-hydrogen) atoms. The Labute approximate surface area is 133 Å². The molecule has 0 aliphatic carbocycles. The highest BCUT2D eigenvalue weighted by Crippen LogP contribution is 2.10. The minimum Gasteiger partial charge on any atom is -0.467 e. The number of esters is 1. The molecule has 1 N–H and O–H groups in total. The molecule has 0 unspecified atom stereocenters. The number of hydrogen-bond acceptors (Lipinski definition) is 5. The van der Waals surface area contributed by atoms with Crippen molar-refractivity contribution >= 4 is 34.5 Å². The van der Waals surface area contributed by atoms with Crippen molar-refractivity contribution in [3.63, 3.8) is 0 Å². The first-order valence-corrected chi connectivity index (χ1v) is 8.31. The molecular formula is C15H19N3O3S. The standard InChI is InChI=1S/C15H19N3O3S/c1-21-15(20)13(7-8-22-2)16-14(19)10-18-9-11-5-3-4-6-12(11)17-18/h3-6,9,13H,7-8,10H2,1-2H3,(H,16,19)/t13-/m0/s1. The summed E-state index contributed by atoms with van der Waals surface area (Å²) in [4.78, 5) is 23.8. The lowest BCUT2D eigenvalue weighted by Crippen LogP contribution is -2.43. The van der Waals surface area contributed by atoms with E-state index in [0.717, 1.165) is 16.7 Å². The first kappa shape index (κ1) is 16.4. The summed E-state index contributed by atoms with van der Waals surface area (Å²) in [6.07, 6.45) is 4.30. The van der Waals surface area contributed by atoms with Gasteiger partial charge in [-0.1, -0.05) is 18.2 Å². The number of nitrogens with zero attached hydrogens (tertiary/aromatic N) is 2. The Hall–Kier alpha value is -2.02. The van der Waals surface area contributed by atoms with Crippen LogP contribution in [0.15, 0.2) is 30.5 Å². The van der Waals surface area contributed by atoms with E-state index in [1.54, 1.807) is 16.4 Å². The van der Waals surface area contributed by atoms with Gasteiger partial charge in [-0.25, -0.2) is 4.79 Å². The lowest BCUT2D eigenvalue weighted by atomic mass is 10.2. The number of hydrogen-bond donors (Lipinski definition) is 1. The van der Waals surface area contributed by atoms with Gasteiger partial charge in [-0.3, -0.25) is 9.48 Å². The summed E-state index contributed by atoms with van der Waals surface area (Å²) in [5, 5.41) is 8.00. The molecule has 0 bridgehead atoms. The molecular weight excluding hydrogens is 302 g/mol. The molecule has 6 nitrogen and oxygen atoms in total. The van der Waals surface area contributed by atoms with Crippen molar-refractivity contribution in [1.29, 1.82) is 0 Å². The SMILES string of the molecule is COC(=O)[C@H](CCSC)NC(=O)Cn1cc2ccccc2n1. The minimum atomic E-state index is -0.616. The largest absolute Gasteiger partial charge is 0.467 e. The van der Waals surface area contributed by atoms with Gasteiger partial charge in [-0.15, -0.1) is 0 Å². The Morgan fingerprint density at radius 1 is 1.41 bits per heavy atom. The summed E-state index contributed by atoms with van der Waals surface area (Å²) >= 11 is 1.62. The number of carbonyl (C=O) groups excluding carboxylic acids is 2. The number of carbonyl (C=O) groups is 2. The minimum absolute atomic E-state index is 0.0709. The summed E-state index contributed by atoms with van der Waals surface area (Å²) in [6, 6.07) is 7.03. The van der Waals surface area contributed by atoms with Crippen molar-refractivity contribution in [1.82, 2.24) is 15.1 Å². The topological polar surface area (TPSA) is 73.2 Å². The molecule has 0 spiro atoms. The van der Waals surface area contributed by atoms with E-state index < -0.39 is 12.0 Å². The van der Waals surface area contributed by atoms with Crippen molar-refractivity contribution in [2.75, 3.05) is 19.1 Å². The summed E-state index contributed by atoms with van der Waals surface area (Å²) in [7, 11) is 1.32. The first-order valence-electron chi connectivity index (χ1n) is 6.92. The van der Waals surface area contributed by atoms with Crippen LogP contribution in [-0.2, 0) is 20.9 Å². The van der Waals surface area contributed by atoms with Gasteiger partial charge >= 0.3 is 5.97 Å². The van der Waals surface area contributed by atoms with Crippen molar-refractivity contribution in [2.45, 2.75) is 19.0 Å². The van der Waals surface area contributed by atoms with E-state index >= 15 is 0 Å². The number of ether oxygens (including phenoxy) is 1. The Kier molecular flexibility index (Phi) is 5.83. The molecule has 1 aromatic heterocycles. The summed E-state index contributed by atoms with van der Waals surface area (Å²) < 4.78 is 6.30. The molecule has 0 aliphatic heterocycles. The van der Waals surface area contributed by atoms with Crippen molar-refractivity contribution in [2.24, 2.45) is 0 Å². The highest BCUT2D eigenvalue weighted by Gasteiger charge is 2.21. The quantitative estimate of drug-likeness (QED) is 0.781. The molecule has 1 amide bonds. The van der Waals surface area contributed by atoms with Gasteiger partial charge in [0.05, 0.1) is 12.6 Å². The number of nitrogens with one attached hydrogen (secondary N) is 1. The molecule has 7 heteroatoms. The van der Waals surface area contributed by atoms with Crippen LogP contribution >= 0.6 is 11.8 Å². The third-order valence-corrected chi connectivity index (χ3v) is 3.84. The smallest absolute Gasteiger partial charge is 0.328 e. The molecule has 2 aromatic rings. The third kappa shape index (κ3) is 4.24. The van der Waals surface area contributed by atoms with Crippen LogP contribution in [0.25, 0.3) is 10.9 Å². The second-order valence-electron chi connectivity index (χ2n) is 4.81. The highest BCUT2D eigenvalue weighted by molar-refractivity contribution is 7.98. The number of fused-ring (bicyclic) bond motifs is 1. The van der Waals surface area contributed by atoms with Crippen LogP contribution in [0.3, 0.4) is 0 Å². The number of methoxy groups -OCH3 is 1. The summed E-state index contributed by atoms with van der Waals surface area (Å²) in [5.41, 5.74) is 0.835. The monoisotopic (exact) mass is 321 g/mol. The molecule has 0 saturated heterocycles. The van der Waals surface area contributed by atoms with Gasteiger partial charge in [0.2, 0.25) is 5.91 Å². The Morgan fingerprint density at radius 2 is 2.18 bits per heavy atom. The zero-order valence-electron chi connectivity index (χ0n) is 12.6. The van der Waals surface area contributed by atoms with Crippen LogP contribution in [0.5, 0.6) is 0 Å². The van der Waals surface area contributed by atoms with Crippen molar-refractivity contribution < 1.29 is 14.3 Å². The Balaban J connectivity index is 1.99. The number of rotatable bonds is 7. The fraction of sp³-hybridized carbons (Fsp3) is 0.400. The van der Waals surface area contributed by atoms with E-state index in [1.165, 1.54) is 7.11 Å². The molecule has 0 radical (unpaired) electrons. The van der Waals surface area contributed by atoms with Gasteiger partial charge in [-0.2, -0.15) is 16.9 Å². The maximum absolute atomic E-state index is 12.1. The average molecular weight is 321 g/mol. The van der Waals surface area contributed by atoms with Gasteiger partial charge in [0, 0.05) is 11.6 Å². The van der Waals surface area contributed by atoms with Gasteiger partial charge in [0.1, 0.15) is 12.6 Å². The van der Waals surface area contributed by atoms with E-state index in [4.69, 9.17) is 4.74 Å². The van der Waals surface area contributed by atoms with Crippen LogP contribution < -0.4 is 5.32 Å². The lowest BCUT2D eigenvalue weighted by Gasteiger charge is -2.15. The highest BCUT2D eigenvalue weighted by atomic mass is 32.2. The van der Waals surface area contributed by atoms with E-state index in [1.807, 2.05) is 36.7 Å². The van der Waals surface area contributed by atoms with Crippen LogP contribution in [0, 0.1) is 0 Å². The number of benzene rings is 1. The lowest BCUT2D eigenvalue weighted by molar-refractivity contribution is -0.145. The summed E-state index contributed by atoms with van der Waals surface area (Å²) in [5.74, 6) is 0.0865. The predicted molar refractivity (Wildman–Crippen MR) is 86.7 cm³/mol. The fourth-order valence-corrected chi connectivity index (χ4v) is 2.58. The van der Waals surface area contributed by atoms with E-state index in [0.29, 0.717) is 6.42 Å². The van der Waals surface area contributed by atoms with E-state index in [9.17, 15) is 9.59 Å². The maximum Gasteiger partial charge on any atom is 0.328 e. The van der Waals surface area contributed by atoms with Crippen LogP contribution in [0.4, 0.5) is 0 Å². The second-order valence-corrected chi connectivity index (χ2v) is 5.80. The third-order valence-electron chi connectivity index (χ3n) is 3.20. The normalized spacial score (nSPS) is 12.1. The van der Waals surface area contributed by atoms with Crippen LogP contribution in [0.1, 0.15) is 6.42 Å². The average Bonchev–Trinajstić information content (AvgIpc) is 2.92. The van der Waals surface area contributed by atoms with E-state index in [-0.39, 0.29) is 12.5 Å². The van der Waals surface area contributed by atoms with Crippen molar-refractivity contribution in [3.05, 3.63) is 30.5 Å². The van der Waals surface area contributed by atoms with Crippen molar-refractivity contribution in [3.8, 4) is 0 Å². The van der Waals surface area contributed by atoms with E-state index in [2.05, 4.69) is 10.4 Å². The zero-order valence-corrected chi connectivity index (χ0v) is 13.4. The summed E-state index contributed by atoms with van der Waals surface area (Å²) in [6.45, 7) is 0.0709. The maximum atomic E-state index is 12.1. The van der Waals surface area contributed by atoms with Crippen LogP contribution in [0.2, 0.25) is 0 Å². The number of amides is 1. The second kappa shape index (κ2) is 7.84.